The first-order chi connectivity index (χ1) is 14.3. The largest absolute Gasteiger partial charge is 0.335 e. The third-order valence-corrected chi connectivity index (χ3v) is 6.53. The minimum atomic E-state index is -3.41. The number of anilines is 1. The van der Waals surface area contributed by atoms with Gasteiger partial charge in [-0.15, -0.1) is 0 Å². The highest BCUT2D eigenvalue weighted by Crippen LogP contribution is 2.17. The average Bonchev–Trinajstić information content (AvgIpc) is 2.78. The van der Waals surface area contributed by atoms with E-state index in [4.69, 9.17) is 0 Å². The number of hydrogen-bond donors (Lipinski definition) is 1. The van der Waals surface area contributed by atoms with E-state index in [0.29, 0.717) is 43.0 Å². The quantitative estimate of drug-likeness (QED) is 0.765. The van der Waals surface area contributed by atoms with Crippen molar-refractivity contribution in [3.8, 4) is 0 Å². The number of nitrogens with one attached hydrogen (secondary N) is 1. The Hall–Kier alpha value is -2.87. The van der Waals surface area contributed by atoms with Gasteiger partial charge < -0.3 is 9.80 Å². The number of piperazine rings is 1. The summed E-state index contributed by atoms with van der Waals surface area (Å²) in [5.41, 5.74) is 2.63. The first kappa shape index (κ1) is 21.8. The fourth-order valence-corrected chi connectivity index (χ4v) is 3.96. The lowest BCUT2D eigenvalue weighted by Gasteiger charge is -2.35. The van der Waals surface area contributed by atoms with Crippen molar-refractivity contribution in [1.82, 2.24) is 9.80 Å². The number of hydrogen-bond acceptors (Lipinski definition) is 4. The van der Waals surface area contributed by atoms with Crippen LogP contribution in [-0.2, 0) is 16.4 Å². The van der Waals surface area contributed by atoms with Gasteiger partial charge in [-0.1, -0.05) is 25.1 Å². The molecule has 8 heteroatoms. The summed E-state index contributed by atoms with van der Waals surface area (Å²) < 4.78 is 26.0. The Balaban J connectivity index is 1.62. The molecule has 1 aliphatic rings. The monoisotopic (exact) mass is 429 g/mol. The first-order valence-corrected chi connectivity index (χ1v) is 11.8. The van der Waals surface area contributed by atoms with E-state index < -0.39 is 10.0 Å². The van der Waals surface area contributed by atoms with Gasteiger partial charge in [-0.3, -0.25) is 14.3 Å². The molecular weight excluding hydrogens is 402 g/mol. The van der Waals surface area contributed by atoms with Crippen LogP contribution in [0, 0.1) is 0 Å². The number of carbonyl (C=O) groups is 2. The van der Waals surface area contributed by atoms with Crippen LogP contribution >= 0.6 is 0 Å². The molecule has 0 atom stereocenters. The zero-order chi connectivity index (χ0) is 21.7. The van der Waals surface area contributed by atoms with Crippen molar-refractivity contribution in [3.63, 3.8) is 0 Å². The minimum absolute atomic E-state index is 0.0271. The van der Waals surface area contributed by atoms with E-state index >= 15 is 0 Å². The highest BCUT2D eigenvalue weighted by atomic mass is 32.2. The molecule has 0 bridgehead atoms. The Kier molecular flexibility index (Phi) is 6.77. The molecule has 0 unspecified atom stereocenters. The summed E-state index contributed by atoms with van der Waals surface area (Å²) >= 11 is 0. The molecule has 0 aromatic heterocycles. The van der Waals surface area contributed by atoms with Gasteiger partial charge in [0.05, 0.1) is 5.75 Å². The highest BCUT2D eigenvalue weighted by Gasteiger charge is 2.25. The molecule has 1 heterocycles. The summed E-state index contributed by atoms with van der Waals surface area (Å²) in [5.74, 6) is -0.241. The molecule has 0 saturated carbocycles. The number of rotatable bonds is 6. The van der Waals surface area contributed by atoms with Crippen molar-refractivity contribution >= 4 is 27.5 Å². The maximum absolute atomic E-state index is 12.8. The van der Waals surface area contributed by atoms with Gasteiger partial charge in [-0.25, -0.2) is 8.42 Å². The molecule has 3 rings (SSSR count). The Morgan fingerprint density at radius 3 is 1.97 bits per heavy atom. The Bertz CT molecular complexity index is 1010. The molecule has 0 aliphatic carbocycles. The van der Waals surface area contributed by atoms with Crippen LogP contribution in [0.1, 0.15) is 40.1 Å². The molecule has 30 heavy (non-hydrogen) atoms. The summed E-state index contributed by atoms with van der Waals surface area (Å²) in [7, 11) is -3.41. The van der Waals surface area contributed by atoms with Crippen LogP contribution in [0.3, 0.4) is 0 Å². The molecule has 2 aromatic carbocycles. The maximum Gasteiger partial charge on any atom is 0.254 e. The SMILES string of the molecule is CCc1ccc(C(=O)N2CCN(C(=O)c3cccc(NS(=O)(=O)CC)c3)CC2)cc1. The summed E-state index contributed by atoms with van der Waals surface area (Å²) in [4.78, 5) is 29.0. The summed E-state index contributed by atoms with van der Waals surface area (Å²) in [6, 6.07) is 14.1. The molecule has 7 nitrogen and oxygen atoms in total. The molecule has 2 amide bonds. The molecule has 1 saturated heterocycles. The minimum Gasteiger partial charge on any atom is -0.335 e. The molecule has 1 fully saturated rings. The van der Waals surface area contributed by atoms with Crippen LogP contribution in [0.4, 0.5) is 5.69 Å². The van der Waals surface area contributed by atoms with Crippen LogP contribution in [0.15, 0.2) is 48.5 Å². The van der Waals surface area contributed by atoms with Gasteiger partial charge in [0.15, 0.2) is 0 Å². The highest BCUT2D eigenvalue weighted by molar-refractivity contribution is 7.92. The topological polar surface area (TPSA) is 86.8 Å². The van der Waals surface area contributed by atoms with E-state index in [1.54, 1.807) is 41.0 Å². The number of sulfonamides is 1. The van der Waals surface area contributed by atoms with E-state index in [-0.39, 0.29) is 17.6 Å². The van der Waals surface area contributed by atoms with Gasteiger partial charge in [0.2, 0.25) is 10.0 Å². The van der Waals surface area contributed by atoms with Crippen molar-refractivity contribution in [2.24, 2.45) is 0 Å². The molecule has 1 aliphatic heterocycles. The zero-order valence-corrected chi connectivity index (χ0v) is 18.1. The number of aryl methyl sites for hydroxylation is 1. The third kappa shape index (κ3) is 5.18. The van der Waals surface area contributed by atoms with Crippen molar-refractivity contribution < 1.29 is 18.0 Å². The van der Waals surface area contributed by atoms with Gasteiger partial charge in [0, 0.05) is 43.0 Å². The smallest absolute Gasteiger partial charge is 0.254 e. The van der Waals surface area contributed by atoms with E-state index in [0.717, 1.165) is 6.42 Å². The Morgan fingerprint density at radius 2 is 1.43 bits per heavy atom. The van der Waals surface area contributed by atoms with Crippen LogP contribution in [0.25, 0.3) is 0 Å². The lowest BCUT2D eigenvalue weighted by atomic mass is 10.1. The van der Waals surface area contributed by atoms with E-state index in [1.165, 1.54) is 5.56 Å². The number of benzene rings is 2. The normalized spacial score (nSPS) is 14.5. The lowest BCUT2D eigenvalue weighted by Crippen LogP contribution is -2.50. The fraction of sp³-hybridized carbons (Fsp3) is 0.364. The average molecular weight is 430 g/mol. The second-order valence-electron chi connectivity index (χ2n) is 7.22. The summed E-state index contributed by atoms with van der Waals surface area (Å²) in [6.45, 7) is 5.41. The van der Waals surface area contributed by atoms with Crippen molar-refractivity contribution in [2.45, 2.75) is 20.3 Å². The van der Waals surface area contributed by atoms with Crippen LogP contribution in [0.5, 0.6) is 0 Å². The summed E-state index contributed by atoms with van der Waals surface area (Å²) in [6.07, 6.45) is 0.927. The maximum atomic E-state index is 12.8. The van der Waals surface area contributed by atoms with Gasteiger partial charge in [0.25, 0.3) is 11.8 Å². The third-order valence-electron chi connectivity index (χ3n) is 5.23. The standard InChI is InChI=1S/C22H27N3O4S/c1-3-17-8-10-18(11-9-17)21(26)24-12-14-25(15-13-24)22(27)19-6-5-7-20(16-19)23-30(28,29)4-2/h5-11,16,23H,3-4,12-15H2,1-2H3. The molecule has 0 spiro atoms. The van der Waals surface area contributed by atoms with E-state index in [2.05, 4.69) is 11.6 Å². The number of amides is 2. The molecule has 1 N–H and O–H groups in total. The predicted molar refractivity (Wildman–Crippen MR) is 117 cm³/mol. The molecule has 2 aromatic rings. The van der Waals surface area contributed by atoms with Gasteiger partial charge in [0.1, 0.15) is 0 Å². The van der Waals surface area contributed by atoms with Crippen LogP contribution < -0.4 is 4.72 Å². The van der Waals surface area contributed by atoms with Crippen LogP contribution in [-0.4, -0.2) is 62.0 Å². The fourth-order valence-electron chi connectivity index (χ4n) is 3.33. The summed E-state index contributed by atoms with van der Waals surface area (Å²) in [5, 5.41) is 0. The van der Waals surface area contributed by atoms with Crippen molar-refractivity contribution in [3.05, 3.63) is 65.2 Å². The Labute approximate surface area is 177 Å². The molecular formula is C22H27N3O4S. The Morgan fingerprint density at radius 1 is 0.867 bits per heavy atom. The van der Waals surface area contributed by atoms with E-state index in [1.807, 2.05) is 24.3 Å². The number of carbonyl (C=O) groups excluding carboxylic acids is 2. The zero-order valence-electron chi connectivity index (χ0n) is 17.3. The molecule has 0 radical (unpaired) electrons. The number of nitrogens with zero attached hydrogens (tertiary/aromatic N) is 2. The van der Waals surface area contributed by atoms with Gasteiger partial charge in [-0.05, 0) is 49.2 Å². The van der Waals surface area contributed by atoms with Crippen molar-refractivity contribution in [2.75, 3.05) is 36.7 Å². The first-order valence-electron chi connectivity index (χ1n) is 10.1. The lowest BCUT2D eigenvalue weighted by molar-refractivity contribution is 0.0535. The molecule has 160 valence electrons. The predicted octanol–water partition coefficient (Wildman–Crippen LogP) is 2.61. The van der Waals surface area contributed by atoms with Crippen LogP contribution in [0.2, 0.25) is 0 Å². The van der Waals surface area contributed by atoms with Gasteiger partial charge in [-0.2, -0.15) is 0 Å². The van der Waals surface area contributed by atoms with E-state index in [9.17, 15) is 18.0 Å². The van der Waals surface area contributed by atoms with Gasteiger partial charge >= 0.3 is 0 Å². The van der Waals surface area contributed by atoms with Crippen molar-refractivity contribution in [1.29, 1.82) is 0 Å². The second-order valence-corrected chi connectivity index (χ2v) is 9.23. The second kappa shape index (κ2) is 9.30.